The summed E-state index contributed by atoms with van der Waals surface area (Å²) in [7, 11) is 0. The van der Waals surface area contributed by atoms with E-state index in [-0.39, 0.29) is 35.7 Å². The van der Waals surface area contributed by atoms with Crippen molar-refractivity contribution >= 4 is 5.97 Å². The lowest BCUT2D eigenvalue weighted by atomic mass is 9.46. The molecule has 2 heterocycles. The van der Waals surface area contributed by atoms with E-state index in [0.29, 0.717) is 24.5 Å². The van der Waals surface area contributed by atoms with Crippen LogP contribution in [0.15, 0.2) is 54.1 Å². The van der Waals surface area contributed by atoms with Crippen molar-refractivity contribution in [1.29, 1.82) is 0 Å². The highest BCUT2D eigenvalue weighted by Gasteiger charge is 2.60. The maximum atomic E-state index is 12.0. The quantitative estimate of drug-likeness (QED) is 0.420. The standard InChI is InChI=1S/C27H34O5/c1-17-9-12-22-26(2,20(17)11-10-19-21(28)15-30-24(19)29)14-13-23-27(22,3)16-31-25(32-23)18-7-5-4-6-8-18/h4-8,10,20-23,25,28H,1,9,11-16H2,2-3H3/b19-10+. The van der Waals surface area contributed by atoms with E-state index in [1.165, 1.54) is 5.57 Å². The highest BCUT2D eigenvalue weighted by atomic mass is 16.7. The lowest BCUT2D eigenvalue weighted by Gasteiger charge is -2.62. The first-order valence-electron chi connectivity index (χ1n) is 11.9. The fraction of sp³-hybridized carbons (Fsp3) is 0.593. The third-order valence-corrected chi connectivity index (χ3v) is 8.76. The Labute approximate surface area is 190 Å². The molecule has 1 N–H and O–H groups in total. The molecule has 4 fully saturated rings. The molecule has 1 aromatic carbocycles. The van der Waals surface area contributed by atoms with E-state index >= 15 is 0 Å². The molecule has 0 radical (unpaired) electrons. The Morgan fingerprint density at radius 2 is 1.97 bits per heavy atom. The van der Waals surface area contributed by atoms with Crippen molar-refractivity contribution in [1.82, 2.24) is 0 Å². The van der Waals surface area contributed by atoms with Crippen LogP contribution in [0.5, 0.6) is 0 Å². The number of allylic oxidation sites excluding steroid dienone is 2. The monoisotopic (exact) mass is 438 g/mol. The van der Waals surface area contributed by atoms with Crippen molar-refractivity contribution in [3.63, 3.8) is 0 Å². The first kappa shape index (κ1) is 21.9. The molecular formula is C27H34O5. The molecule has 2 aliphatic carbocycles. The Morgan fingerprint density at radius 3 is 2.69 bits per heavy atom. The van der Waals surface area contributed by atoms with E-state index in [1.807, 2.05) is 24.3 Å². The number of benzene rings is 1. The Bertz CT molecular complexity index is 923. The molecule has 4 aliphatic rings. The first-order chi connectivity index (χ1) is 15.3. The van der Waals surface area contributed by atoms with Gasteiger partial charge in [-0.2, -0.15) is 0 Å². The fourth-order valence-electron chi connectivity index (χ4n) is 6.98. The number of cyclic esters (lactones) is 1. The van der Waals surface area contributed by atoms with Crippen molar-refractivity contribution in [2.24, 2.45) is 22.7 Å². The van der Waals surface area contributed by atoms with Crippen LogP contribution in [0.25, 0.3) is 0 Å². The summed E-state index contributed by atoms with van der Waals surface area (Å²) in [4.78, 5) is 12.0. The molecule has 0 spiro atoms. The van der Waals surface area contributed by atoms with Gasteiger partial charge in [-0.3, -0.25) is 0 Å². The summed E-state index contributed by atoms with van der Waals surface area (Å²) in [6.45, 7) is 9.89. The van der Waals surface area contributed by atoms with Gasteiger partial charge >= 0.3 is 5.97 Å². The second-order valence-electron chi connectivity index (χ2n) is 10.5. The second kappa shape index (κ2) is 8.12. The number of carbonyl (C=O) groups is 1. The zero-order chi connectivity index (χ0) is 22.5. The van der Waals surface area contributed by atoms with Crippen LogP contribution in [0.3, 0.4) is 0 Å². The summed E-state index contributed by atoms with van der Waals surface area (Å²) in [6, 6.07) is 10.2. The number of rotatable bonds is 3. The minimum absolute atomic E-state index is 0.0530. The molecule has 0 bridgehead atoms. The Morgan fingerprint density at radius 1 is 1.19 bits per heavy atom. The number of esters is 1. The summed E-state index contributed by atoms with van der Waals surface area (Å²) >= 11 is 0. The zero-order valence-corrected chi connectivity index (χ0v) is 19.1. The molecule has 2 saturated heterocycles. The van der Waals surface area contributed by atoms with E-state index < -0.39 is 12.1 Å². The number of ether oxygens (including phenoxy) is 3. The van der Waals surface area contributed by atoms with Crippen LogP contribution < -0.4 is 0 Å². The Balaban J connectivity index is 1.38. The smallest absolute Gasteiger partial charge is 0.336 e. The van der Waals surface area contributed by atoms with Crippen molar-refractivity contribution in [2.45, 2.75) is 64.4 Å². The molecule has 0 amide bonds. The molecule has 32 heavy (non-hydrogen) atoms. The van der Waals surface area contributed by atoms with Crippen molar-refractivity contribution in [2.75, 3.05) is 13.2 Å². The average molecular weight is 439 g/mol. The summed E-state index contributed by atoms with van der Waals surface area (Å²) < 4.78 is 17.9. The average Bonchev–Trinajstić information content (AvgIpc) is 3.10. The summed E-state index contributed by atoms with van der Waals surface area (Å²) in [5, 5.41) is 10.1. The highest BCUT2D eigenvalue weighted by Crippen LogP contribution is 2.63. The minimum Gasteiger partial charge on any atom is -0.459 e. The summed E-state index contributed by atoms with van der Waals surface area (Å²) in [6.07, 6.45) is 5.77. The number of hydrogen-bond donors (Lipinski definition) is 1. The number of aliphatic hydroxyl groups excluding tert-OH is 1. The normalized spacial score (nSPS) is 43.0. The molecule has 172 valence electrons. The third-order valence-electron chi connectivity index (χ3n) is 8.76. The van der Waals surface area contributed by atoms with Gasteiger partial charge in [0.15, 0.2) is 6.29 Å². The van der Waals surface area contributed by atoms with Gasteiger partial charge in [-0.15, -0.1) is 0 Å². The van der Waals surface area contributed by atoms with Gasteiger partial charge in [0.25, 0.3) is 0 Å². The molecule has 5 nitrogen and oxygen atoms in total. The van der Waals surface area contributed by atoms with E-state index in [1.54, 1.807) is 0 Å². The van der Waals surface area contributed by atoms with Crippen LogP contribution >= 0.6 is 0 Å². The third kappa shape index (κ3) is 3.46. The van der Waals surface area contributed by atoms with Crippen LogP contribution in [0.1, 0.15) is 57.8 Å². The van der Waals surface area contributed by atoms with Gasteiger partial charge in [-0.1, -0.05) is 62.4 Å². The summed E-state index contributed by atoms with van der Waals surface area (Å²) in [5.41, 5.74) is 2.72. The van der Waals surface area contributed by atoms with Gasteiger partial charge in [0.05, 0.1) is 18.3 Å². The lowest BCUT2D eigenvalue weighted by molar-refractivity contribution is -0.307. The number of aliphatic hydroxyl groups is 1. The van der Waals surface area contributed by atoms with Gasteiger partial charge in [0.1, 0.15) is 12.7 Å². The van der Waals surface area contributed by atoms with E-state index in [2.05, 4.69) is 32.6 Å². The molecule has 2 saturated carbocycles. The zero-order valence-electron chi connectivity index (χ0n) is 19.1. The van der Waals surface area contributed by atoms with Crippen LogP contribution in [-0.4, -0.2) is 36.5 Å². The predicted molar refractivity (Wildman–Crippen MR) is 120 cm³/mol. The van der Waals surface area contributed by atoms with Crippen LogP contribution in [0.2, 0.25) is 0 Å². The molecule has 1 aromatic rings. The van der Waals surface area contributed by atoms with E-state index in [9.17, 15) is 9.90 Å². The van der Waals surface area contributed by atoms with Gasteiger partial charge in [0, 0.05) is 11.0 Å². The maximum Gasteiger partial charge on any atom is 0.336 e. The molecular weight excluding hydrogens is 404 g/mol. The van der Waals surface area contributed by atoms with Crippen molar-refractivity contribution in [3.05, 3.63) is 59.7 Å². The fourth-order valence-corrected chi connectivity index (χ4v) is 6.98. The molecule has 2 aliphatic heterocycles. The predicted octanol–water partition coefficient (Wildman–Crippen LogP) is 4.72. The largest absolute Gasteiger partial charge is 0.459 e. The van der Waals surface area contributed by atoms with Crippen molar-refractivity contribution in [3.8, 4) is 0 Å². The molecule has 5 rings (SSSR count). The first-order valence-corrected chi connectivity index (χ1v) is 11.9. The minimum atomic E-state index is -0.814. The summed E-state index contributed by atoms with van der Waals surface area (Å²) in [5.74, 6) is 0.316. The van der Waals surface area contributed by atoms with Crippen molar-refractivity contribution < 1.29 is 24.1 Å². The SMILES string of the molecule is C=C1CCC2C3(C)COC(c4ccccc4)OC3CCC2(C)C1C/C=C1/C(=O)OCC1O. The molecule has 0 aromatic heterocycles. The van der Waals surface area contributed by atoms with Gasteiger partial charge < -0.3 is 19.3 Å². The van der Waals surface area contributed by atoms with Gasteiger partial charge in [-0.05, 0) is 49.4 Å². The molecule has 5 heteroatoms. The highest BCUT2D eigenvalue weighted by molar-refractivity contribution is 5.91. The Kier molecular flexibility index (Phi) is 5.55. The number of fused-ring (bicyclic) bond motifs is 3. The van der Waals surface area contributed by atoms with E-state index in [4.69, 9.17) is 14.2 Å². The second-order valence-corrected chi connectivity index (χ2v) is 10.5. The maximum absolute atomic E-state index is 12.0. The van der Waals surface area contributed by atoms with Gasteiger partial charge in [-0.25, -0.2) is 4.79 Å². The van der Waals surface area contributed by atoms with Gasteiger partial charge in [0.2, 0.25) is 0 Å². The lowest BCUT2D eigenvalue weighted by Crippen LogP contribution is -2.60. The number of hydrogen-bond acceptors (Lipinski definition) is 5. The number of carbonyl (C=O) groups excluding carboxylic acids is 1. The van der Waals surface area contributed by atoms with Crippen LogP contribution in [-0.2, 0) is 19.0 Å². The van der Waals surface area contributed by atoms with Crippen LogP contribution in [0, 0.1) is 22.7 Å². The Hall–Kier alpha value is -1.95. The van der Waals surface area contributed by atoms with Crippen LogP contribution in [0.4, 0.5) is 0 Å². The molecule has 7 unspecified atom stereocenters. The van der Waals surface area contributed by atoms with E-state index in [0.717, 1.165) is 31.2 Å². The molecule has 7 atom stereocenters. The topological polar surface area (TPSA) is 65.0 Å².